The second kappa shape index (κ2) is 7.28. The SMILES string of the molecule is CC(=O)N(C(=O)NCCN1C(=O)c2ccccc2C1=O)c1ccc(N)cc1. The molecule has 0 fully saturated rings. The Balaban J connectivity index is 1.64. The summed E-state index contributed by atoms with van der Waals surface area (Å²) < 4.78 is 0. The lowest BCUT2D eigenvalue weighted by atomic mass is 10.1. The number of urea groups is 1. The molecule has 138 valence electrons. The summed E-state index contributed by atoms with van der Waals surface area (Å²) in [6.45, 7) is 1.29. The van der Waals surface area contributed by atoms with Gasteiger partial charge in [0, 0.05) is 25.7 Å². The number of nitrogens with one attached hydrogen (secondary N) is 1. The number of benzene rings is 2. The lowest BCUT2D eigenvalue weighted by molar-refractivity contribution is -0.115. The lowest BCUT2D eigenvalue weighted by Gasteiger charge is -2.21. The van der Waals surface area contributed by atoms with E-state index in [1.807, 2.05) is 0 Å². The zero-order valence-electron chi connectivity index (χ0n) is 14.6. The van der Waals surface area contributed by atoms with E-state index in [0.717, 1.165) is 9.80 Å². The molecule has 0 saturated carbocycles. The summed E-state index contributed by atoms with van der Waals surface area (Å²) >= 11 is 0. The van der Waals surface area contributed by atoms with Crippen LogP contribution < -0.4 is 16.0 Å². The summed E-state index contributed by atoms with van der Waals surface area (Å²) in [6, 6.07) is 12.2. The average molecular weight is 366 g/mol. The summed E-state index contributed by atoms with van der Waals surface area (Å²) in [7, 11) is 0. The van der Waals surface area contributed by atoms with E-state index < -0.39 is 23.8 Å². The van der Waals surface area contributed by atoms with Crippen LogP contribution in [0.15, 0.2) is 48.5 Å². The molecule has 0 atom stereocenters. The average Bonchev–Trinajstić information content (AvgIpc) is 2.88. The van der Waals surface area contributed by atoms with Gasteiger partial charge >= 0.3 is 6.03 Å². The van der Waals surface area contributed by atoms with Gasteiger partial charge in [0.25, 0.3) is 11.8 Å². The van der Waals surface area contributed by atoms with Crippen molar-refractivity contribution in [1.29, 1.82) is 0 Å². The molecule has 0 aliphatic carbocycles. The Morgan fingerprint density at radius 1 is 1.00 bits per heavy atom. The van der Waals surface area contributed by atoms with E-state index in [0.29, 0.717) is 22.5 Å². The number of nitrogens with two attached hydrogens (primary N) is 1. The molecule has 2 aromatic rings. The standard InChI is InChI=1S/C19H18N4O4/c1-12(24)23(14-8-6-13(20)7-9-14)19(27)21-10-11-22-17(25)15-4-2-3-5-16(15)18(22)26/h2-9H,10-11,20H2,1H3,(H,21,27). The predicted octanol–water partition coefficient (Wildman–Crippen LogP) is 1.63. The second-order valence-corrected chi connectivity index (χ2v) is 5.99. The Labute approximate surface area is 155 Å². The van der Waals surface area contributed by atoms with Crippen LogP contribution in [-0.2, 0) is 4.79 Å². The number of hydrogen-bond acceptors (Lipinski definition) is 5. The van der Waals surface area contributed by atoms with Crippen LogP contribution in [0, 0.1) is 0 Å². The van der Waals surface area contributed by atoms with E-state index in [4.69, 9.17) is 5.73 Å². The number of hydrogen-bond donors (Lipinski definition) is 2. The maximum absolute atomic E-state index is 12.4. The first kappa shape index (κ1) is 18.1. The van der Waals surface area contributed by atoms with Gasteiger partial charge in [-0.2, -0.15) is 0 Å². The van der Waals surface area contributed by atoms with Gasteiger partial charge in [-0.25, -0.2) is 9.69 Å². The number of imide groups is 2. The Morgan fingerprint density at radius 2 is 1.56 bits per heavy atom. The van der Waals surface area contributed by atoms with Gasteiger partial charge in [0.15, 0.2) is 0 Å². The van der Waals surface area contributed by atoms with E-state index in [1.54, 1.807) is 48.5 Å². The van der Waals surface area contributed by atoms with Gasteiger partial charge in [-0.3, -0.25) is 19.3 Å². The third-order valence-electron chi connectivity index (χ3n) is 4.16. The van der Waals surface area contributed by atoms with Crippen molar-refractivity contribution in [2.24, 2.45) is 0 Å². The minimum atomic E-state index is -0.649. The van der Waals surface area contributed by atoms with Crippen molar-refractivity contribution in [3.63, 3.8) is 0 Å². The van der Waals surface area contributed by atoms with Gasteiger partial charge in [-0.05, 0) is 36.4 Å². The fourth-order valence-corrected chi connectivity index (χ4v) is 2.86. The summed E-state index contributed by atoms with van der Waals surface area (Å²) in [5, 5.41) is 2.56. The molecule has 1 aliphatic heterocycles. The fourth-order valence-electron chi connectivity index (χ4n) is 2.86. The molecule has 0 bridgehead atoms. The normalized spacial score (nSPS) is 12.7. The molecule has 0 radical (unpaired) electrons. The van der Waals surface area contributed by atoms with E-state index in [9.17, 15) is 19.2 Å². The Hall–Kier alpha value is -3.68. The minimum Gasteiger partial charge on any atom is -0.399 e. The molecular formula is C19H18N4O4. The third kappa shape index (κ3) is 3.50. The maximum Gasteiger partial charge on any atom is 0.328 e. The van der Waals surface area contributed by atoms with Gasteiger partial charge in [0.2, 0.25) is 5.91 Å². The molecule has 0 saturated heterocycles. The molecule has 8 heteroatoms. The van der Waals surface area contributed by atoms with E-state index in [-0.39, 0.29) is 13.1 Å². The quantitative estimate of drug-likeness (QED) is 0.631. The molecule has 0 aromatic heterocycles. The van der Waals surface area contributed by atoms with Crippen molar-refractivity contribution in [2.45, 2.75) is 6.92 Å². The van der Waals surface area contributed by atoms with Crippen LogP contribution in [0.4, 0.5) is 16.2 Å². The van der Waals surface area contributed by atoms with Crippen LogP contribution in [0.3, 0.4) is 0 Å². The number of rotatable bonds is 4. The molecule has 1 aliphatic rings. The van der Waals surface area contributed by atoms with Crippen LogP contribution in [0.2, 0.25) is 0 Å². The maximum atomic E-state index is 12.4. The molecule has 1 heterocycles. The van der Waals surface area contributed by atoms with Crippen molar-refractivity contribution in [3.05, 3.63) is 59.7 Å². The zero-order chi connectivity index (χ0) is 19.6. The monoisotopic (exact) mass is 366 g/mol. The van der Waals surface area contributed by atoms with E-state index in [1.165, 1.54) is 6.92 Å². The highest BCUT2D eigenvalue weighted by Gasteiger charge is 2.34. The third-order valence-corrected chi connectivity index (χ3v) is 4.16. The molecular weight excluding hydrogens is 348 g/mol. The van der Waals surface area contributed by atoms with Crippen LogP contribution >= 0.6 is 0 Å². The van der Waals surface area contributed by atoms with Gasteiger partial charge in [0.05, 0.1) is 16.8 Å². The van der Waals surface area contributed by atoms with Crippen molar-refractivity contribution >= 4 is 35.1 Å². The highest BCUT2D eigenvalue weighted by atomic mass is 16.2. The van der Waals surface area contributed by atoms with Crippen LogP contribution in [-0.4, -0.2) is 41.7 Å². The van der Waals surface area contributed by atoms with Crippen LogP contribution in [0.1, 0.15) is 27.6 Å². The molecule has 0 unspecified atom stereocenters. The second-order valence-electron chi connectivity index (χ2n) is 5.99. The number of nitrogens with zero attached hydrogens (tertiary/aromatic N) is 2. The number of carbonyl (C=O) groups excluding carboxylic acids is 4. The first-order valence-corrected chi connectivity index (χ1v) is 8.29. The smallest absolute Gasteiger partial charge is 0.328 e. The van der Waals surface area contributed by atoms with Crippen molar-refractivity contribution in [3.8, 4) is 0 Å². The molecule has 2 aromatic carbocycles. The first-order chi connectivity index (χ1) is 12.9. The minimum absolute atomic E-state index is 0.00553. The largest absolute Gasteiger partial charge is 0.399 e. The number of anilines is 2. The summed E-state index contributed by atoms with van der Waals surface area (Å²) in [6.07, 6.45) is 0. The summed E-state index contributed by atoms with van der Waals surface area (Å²) in [5.74, 6) is -1.27. The topological polar surface area (TPSA) is 113 Å². The Bertz CT molecular complexity index is 889. The first-order valence-electron chi connectivity index (χ1n) is 8.29. The number of carbonyl (C=O) groups is 4. The van der Waals surface area contributed by atoms with Crippen molar-refractivity contribution < 1.29 is 19.2 Å². The molecule has 27 heavy (non-hydrogen) atoms. The number of amides is 5. The molecule has 0 spiro atoms. The lowest BCUT2D eigenvalue weighted by Crippen LogP contribution is -2.46. The van der Waals surface area contributed by atoms with Gasteiger partial charge in [-0.1, -0.05) is 12.1 Å². The van der Waals surface area contributed by atoms with Gasteiger partial charge < -0.3 is 11.1 Å². The summed E-state index contributed by atoms with van der Waals surface area (Å²) in [4.78, 5) is 50.9. The van der Waals surface area contributed by atoms with Crippen molar-refractivity contribution in [2.75, 3.05) is 23.7 Å². The Kier molecular flexibility index (Phi) is 4.89. The number of nitrogen functional groups attached to an aromatic ring is 1. The molecule has 8 nitrogen and oxygen atoms in total. The molecule has 3 N–H and O–H groups in total. The van der Waals surface area contributed by atoms with Gasteiger partial charge in [0.1, 0.15) is 0 Å². The number of fused-ring (bicyclic) bond motifs is 1. The Morgan fingerprint density at radius 3 is 2.07 bits per heavy atom. The highest BCUT2D eigenvalue weighted by Crippen LogP contribution is 2.22. The van der Waals surface area contributed by atoms with Crippen LogP contribution in [0.25, 0.3) is 0 Å². The van der Waals surface area contributed by atoms with Crippen LogP contribution in [0.5, 0.6) is 0 Å². The zero-order valence-corrected chi connectivity index (χ0v) is 14.6. The fraction of sp³-hybridized carbons (Fsp3) is 0.158. The highest BCUT2D eigenvalue weighted by molar-refractivity contribution is 6.21. The van der Waals surface area contributed by atoms with Gasteiger partial charge in [-0.15, -0.1) is 0 Å². The van der Waals surface area contributed by atoms with E-state index in [2.05, 4.69) is 5.32 Å². The van der Waals surface area contributed by atoms with Crippen molar-refractivity contribution in [1.82, 2.24) is 10.2 Å². The predicted molar refractivity (Wildman–Crippen MR) is 99.2 cm³/mol. The molecule has 3 rings (SSSR count). The van der Waals surface area contributed by atoms with E-state index >= 15 is 0 Å². The summed E-state index contributed by atoms with van der Waals surface area (Å²) in [5.41, 5.74) is 7.19. The molecule has 5 amide bonds.